The zero-order valence-electron chi connectivity index (χ0n) is 18.6. The standard InChI is InChI=1S/C27H33N3O2/c28-19-26(29-25-18-24(25)21-7-2-1-3-8-21)22-13-16-30(17-14-22)15-5-4-6-20-9-11-23(12-10-20)27(31)32/h1-3,7-12,22,24-26,29H,4-6,13-18H2,(H,31,32)/t24-,25+,26?/m0/s1. The molecule has 0 spiro atoms. The summed E-state index contributed by atoms with van der Waals surface area (Å²) in [5, 5.41) is 22.4. The van der Waals surface area contributed by atoms with Gasteiger partial charge >= 0.3 is 5.97 Å². The maximum Gasteiger partial charge on any atom is 0.335 e. The van der Waals surface area contributed by atoms with E-state index in [1.54, 1.807) is 12.1 Å². The molecule has 2 aromatic rings. The Morgan fingerprint density at radius 2 is 1.81 bits per heavy atom. The molecule has 5 heteroatoms. The first-order valence-corrected chi connectivity index (χ1v) is 11.9. The number of nitriles is 1. The average molecular weight is 432 g/mol. The molecule has 1 saturated heterocycles. The molecule has 32 heavy (non-hydrogen) atoms. The van der Waals surface area contributed by atoms with Gasteiger partial charge in [-0.3, -0.25) is 5.32 Å². The van der Waals surface area contributed by atoms with E-state index in [0.29, 0.717) is 23.4 Å². The van der Waals surface area contributed by atoms with Crippen molar-refractivity contribution in [3.05, 3.63) is 71.3 Å². The number of carbonyl (C=O) groups is 1. The third-order valence-corrected chi connectivity index (χ3v) is 7.05. The minimum absolute atomic E-state index is 0.0374. The van der Waals surface area contributed by atoms with Crippen LogP contribution in [0.25, 0.3) is 0 Å². The maximum atomic E-state index is 10.9. The molecule has 1 saturated carbocycles. The zero-order valence-corrected chi connectivity index (χ0v) is 18.6. The monoisotopic (exact) mass is 431 g/mol. The van der Waals surface area contributed by atoms with Crippen molar-refractivity contribution in [3.63, 3.8) is 0 Å². The molecule has 1 aliphatic heterocycles. The number of likely N-dealkylation sites (tertiary alicyclic amines) is 1. The van der Waals surface area contributed by atoms with Gasteiger partial charge in [0.2, 0.25) is 0 Å². The summed E-state index contributed by atoms with van der Waals surface area (Å²) in [7, 11) is 0. The number of hydrogen-bond acceptors (Lipinski definition) is 4. The highest BCUT2D eigenvalue weighted by molar-refractivity contribution is 5.87. The fourth-order valence-corrected chi connectivity index (χ4v) is 4.95. The van der Waals surface area contributed by atoms with Crippen LogP contribution in [-0.2, 0) is 6.42 Å². The third kappa shape index (κ3) is 5.97. The number of rotatable bonds is 10. The highest BCUT2D eigenvalue weighted by atomic mass is 16.4. The van der Waals surface area contributed by atoms with E-state index in [4.69, 9.17) is 5.11 Å². The predicted molar refractivity (Wildman–Crippen MR) is 126 cm³/mol. The van der Waals surface area contributed by atoms with E-state index in [0.717, 1.165) is 58.2 Å². The van der Waals surface area contributed by atoms with Gasteiger partial charge < -0.3 is 10.0 Å². The van der Waals surface area contributed by atoms with Gasteiger partial charge in [0.25, 0.3) is 0 Å². The van der Waals surface area contributed by atoms with Crippen LogP contribution >= 0.6 is 0 Å². The molecule has 4 rings (SSSR count). The first-order chi connectivity index (χ1) is 15.6. The maximum absolute atomic E-state index is 10.9. The molecular weight excluding hydrogens is 398 g/mol. The van der Waals surface area contributed by atoms with Gasteiger partial charge in [0, 0.05) is 12.0 Å². The molecule has 1 unspecified atom stereocenters. The minimum Gasteiger partial charge on any atom is -0.478 e. The normalized spacial score (nSPS) is 22.2. The molecular formula is C27H33N3O2. The molecule has 3 atom stereocenters. The Kier molecular flexibility index (Phi) is 7.57. The van der Waals surface area contributed by atoms with Crippen LogP contribution in [0.5, 0.6) is 0 Å². The number of hydrogen-bond donors (Lipinski definition) is 2. The predicted octanol–water partition coefficient (Wildman–Crippen LogP) is 4.46. The Morgan fingerprint density at radius 1 is 1.09 bits per heavy atom. The van der Waals surface area contributed by atoms with E-state index in [-0.39, 0.29) is 6.04 Å². The van der Waals surface area contributed by atoms with Crippen molar-refractivity contribution in [3.8, 4) is 6.07 Å². The second-order valence-electron chi connectivity index (χ2n) is 9.27. The van der Waals surface area contributed by atoms with E-state index in [2.05, 4.69) is 46.6 Å². The molecule has 5 nitrogen and oxygen atoms in total. The smallest absolute Gasteiger partial charge is 0.335 e. The van der Waals surface area contributed by atoms with Crippen molar-refractivity contribution in [2.45, 2.75) is 56.5 Å². The second-order valence-corrected chi connectivity index (χ2v) is 9.27. The Bertz CT molecular complexity index is 914. The van der Waals surface area contributed by atoms with Gasteiger partial charge in [-0.2, -0.15) is 5.26 Å². The molecule has 2 N–H and O–H groups in total. The summed E-state index contributed by atoms with van der Waals surface area (Å²) in [6, 6.07) is 20.8. The first kappa shape index (κ1) is 22.5. The minimum atomic E-state index is -0.873. The van der Waals surface area contributed by atoms with E-state index in [1.165, 1.54) is 11.1 Å². The molecule has 0 aromatic heterocycles. The summed E-state index contributed by atoms with van der Waals surface area (Å²) in [5.74, 6) is 0.135. The lowest BCUT2D eigenvalue weighted by molar-refractivity contribution is 0.0697. The van der Waals surface area contributed by atoms with Crippen LogP contribution in [0.1, 0.15) is 59.5 Å². The Labute approximate surface area is 191 Å². The summed E-state index contributed by atoms with van der Waals surface area (Å²) in [6.45, 7) is 3.25. The molecule has 2 aromatic carbocycles. The summed E-state index contributed by atoms with van der Waals surface area (Å²) in [4.78, 5) is 13.5. The Morgan fingerprint density at radius 3 is 2.47 bits per heavy atom. The third-order valence-electron chi connectivity index (χ3n) is 7.05. The van der Waals surface area contributed by atoms with Crippen LogP contribution in [0.2, 0.25) is 0 Å². The number of unbranched alkanes of at least 4 members (excludes halogenated alkanes) is 1. The first-order valence-electron chi connectivity index (χ1n) is 11.9. The van der Waals surface area contributed by atoms with Crippen molar-refractivity contribution in [1.29, 1.82) is 5.26 Å². The largest absolute Gasteiger partial charge is 0.478 e. The van der Waals surface area contributed by atoms with Crippen molar-refractivity contribution >= 4 is 5.97 Å². The Balaban J connectivity index is 1.13. The van der Waals surface area contributed by atoms with E-state index < -0.39 is 5.97 Å². The number of aryl methyl sites for hydroxylation is 1. The fraction of sp³-hybridized carbons (Fsp3) is 0.481. The van der Waals surface area contributed by atoms with Crippen LogP contribution in [0.15, 0.2) is 54.6 Å². The summed E-state index contributed by atoms with van der Waals surface area (Å²) in [6.07, 6.45) is 6.55. The molecule has 0 radical (unpaired) electrons. The van der Waals surface area contributed by atoms with Gasteiger partial charge in [0.1, 0.15) is 0 Å². The highest BCUT2D eigenvalue weighted by Gasteiger charge is 2.41. The van der Waals surface area contributed by atoms with Gasteiger partial charge in [-0.1, -0.05) is 42.5 Å². The van der Waals surface area contributed by atoms with Crippen molar-refractivity contribution < 1.29 is 9.90 Å². The summed E-state index contributed by atoms with van der Waals surface area (Å²) >= 11 is 0. The van der Waals surface area contributed by atoms with Gasteiger partial charge in [0.05, 0.1) is 17.7 Å². The number of carboxylic acids is 1. The second kappa shape index (κ2) is 10.8. The number of benzene rings is 2. The highest BCUT2D eigenvalue weighted by Crippen LogP contribution is 2.41. The van der Waals surface area contributed by atoms with Crippen LogP contribution in [0.4, 0.5) is 0 Å². The fourth-order valence-electron chi connectivity index (χ4n) is 4.95. The van der Waals surface area contributed by atoms with Crippen molar-refractivity contribution in [2.75, 3.05) is 19.6 Å². The summed E-state index contributed by atoms with van der Waals surface area (Å²) in [5.41, 5.74) is 2.93. The topological polar surface area (TPSA) is 76.4 Å². The SMILES string of the molecule is N#CC(N[C@@H]1C[C@H]1c1ccccc1)C1CCN(CCCCc2ccc(C(=O)O)cc2)CC1. The Hall–Kier alpha value is -2.68. The molecule has 0 amide bonds. The lowest BCUT2D eigenvalue weighted by Crippen LogP contribution is -2.43. The van der Waals surface area contributed by atoms with E-state index >= 15 is 0 Å². The van der Waals surface area contributed by atoms with E-state index in [9.17, 15) is 10.1 Å². The van der Waals surface area contributed by atoms with Gasteiger partial charge in [-0.15, -0.1) is 0 Å². The number of nitrogens with one attached hydrogen (secondary N) is 1. The molecule has 1 aliphatic carbocycles. The van der Waals surface area contributed by atoms with Crippen LogP contribution < -0.4 is 5.32 Å². The van der Waals surface area contributed by atoms with Crippen LogP contribution in [0.3, 0.4) is 0 Å². The molecule has 2 fully saturated rings. The average Bonchev–Trinajstić information content (AvgIpc) is 3.61. The van der Waals surface area contributed by atoms with Crippen molar-refractivity contribution in [1.82, 2.24) is 10.2 Å². The molecule has 0 bridgehead atoms. The van der Waals surface area contributed by atoms with E-state index in [1.807, 2.05) is 12.1 Å². The zero-order chi connectivity index (χ0) is 22.3. The number of aromatic carboxylic acids is 1. The van der Waals surface area contributed by atoms with Gasteiger partial charge in [-0.25, -0.2) is 4.79 Å². The number of carboxylic acid groups (broad SMARTS) is 1. The lowest BCUT2D eigenvalue weighted by atomic mass is 9.89. The summed E-state index contributed by atoms with van der Waals surface area (Å²) < 4.78 is 0. The number of nitrogens with zero attached hydrogens (tertiary/aromatic N) is 2. The molecule has 1 heterocycles. The quantitative estimate of drug-likeness (QED) is 0.543. The van der Waals surface area contributed by atoms with Crippen LogP contribution in [-0.4, -0.2) is 47.7 Å². The number of piperidine rings is 1. The van der Waals surface area contributed by atoms with Gasteiger partial charge in [0.15, 0.2) is 0 Å². The molecule has 168 valence electrons. The molecule has 2 aliphatic rings. The van der Waals surface area contributed by atoms with Gasteiger partial charge in [-0.05, 0) is 87.3 Å². The van der Waals surface area contributed by atoms with Crippen molar-refractivity contribution in [2.24, 2.45) is 5.92 Å². The van der Waals surface area contributed by atoms with Crippen LogP contribution in [0, 0.1) is 17.2 Å². The lowest BCUT2D eigenvalue weighted by Gasteiger charge is -2.34.